The number of hydrogen-bond donors (Lipinski definition) is 2. The van der Waals surface area contributed by atoms with Gasteiger partial charge in [0, 0.05) is 23.5 Å². The lowest BCUT2D eigenvalue weighted by Gasteiger charge is -2.10. The molecule has 0 aliphatic carbocycles. The Morgan fingerprint density at radius 1 is 1.23 bits per heavy atom. The standard InChI is InChI=1S/C17H23N3O3S.2ClH/c1-11(18-2)9-19-16(21)8-13-10-24-17(20-13)12-5-6-14(22-3)15(7-12)23-4;;/h5-7,10-11,18H,8-9H2,1-4H3,(H,19,21);2*1H. The molecule has 146 valence electrons. The van der Waals surface area contributed by atoms with Crippen molar-refractivity contribution >= 4 is 42.1 Å². The van der Waals surface area contributed by atoms with E-state index in [2.05, 4.69) is 15.6 Å². The zero-order valence-corrected chi connectivity index (χ0v) is 17.6. The van der Waals surface area contributed by atoms with Crippen LogP contribution < -0.4 is 20.1 Å². The minimum atomic E-state index is -0.0266. The number of hydrogen-bond acceptors (Lipinski definition) is 6. The average Bonchev–Trinajstić information content (AvgIpc) is 3.07. The van der Waals surface area contributed by atoms with Crippen molar-refractivity contribution in [1.82, 2.24) is 15.6 Å². The molecule has 2 rings (SSSR count). The molecule has 6 nitrogen and oxygen atoms in total. The molecule has 1 heterocycles. The molecule has 0 saturated heterocycles. The van der Waals surface area contributed by atoms with E-state index in [1.165, 1.54) is 11.3 Å². The van der Waals surface area contributed by atoms with Crippen molar-refractivity contribution < 1.29 is 14.3 Å². The van der Waals surface area contributed by atoms with Crippen molar-refractivity contribution in [3.63, 3.8) is 0 Å². The Morgan fingerprint density at radius 2 is 1.92 bits per heavy atom. The summed E-state index contributed by atoms with van der Waals surface area (Å²) >= 11 is 1.51. The van der Waals surface area contributed by atoms with E-state index in [0.29, 0.717) is 18.0 Å². The molecule has 0 bridgehead atoms. The normalized spacial score (nSPS) is 10.9. The Kier molecular flexibility index (Phi) is 11.2. The number of nitrogens with zero attached hydrogens (tertiary/aromatic N) is 1. The zero-order chi connectivity index (χ0) is 17.5. The first kappa shape index (κ1) is 24.5. The molecule has 0 radical (unpaired) electrons. The van der Waals surface area contributed by atoms with Crippen LogP contribution in [0.2, 0.25) is 0 Å². The van der Waals surface area contributed by atoms with Gasteiger partial charge in [0.15, 0.2) is 11.5 Å². The quantitative estimate of drug-likeness (QED) is 0.685. The van der Waals surface area contributed by atoms with Crippen LogP contribution in [-0.4, -0.2) is 44.7 Å². The van der Waals surface area contributed by atoms with Crippen LogP contribution in [0.3, 0.4) is 0 Å². The SMILES string of the molecule is CNC(C)CNC(=O)Cc1csc(-c2ccc(OC)c(OC)c2)n1.Cl.Cl. The molecular weight excluding hydrogens is 397 g/mol. The highest BCUT2D eigenvalue weighted by molar-refractivity contribution is 7.13. The summed E-state index contributed by atoms with van der Waals surface area (Å²) in [6, 6.07) is 5.90. The number of aromatic nitrogens is 1. The van der Waals surface area contributed by atoms with Crippen LogP contribution in [0.4, 0.5) is 0 Å². The number of thiazole rings is 1. The van der Waals surface area contributed by atoms with E-state index in [1.54, 1.807) is 14.2 Å². The minimum absolute atomic E-state index is 0. The van der Waals surface area contributed by atoms with Gasteiger partial charge in [-0.1, -0.05) is 0 Å². The van der Waals surface area contributed by atoms with E-state index in [0.717, 1.165) is 16.3 Å². The second-order valence-corrected chi connectivity index (χ2v) is 6.24. The summed E-state index contributed by atoms with van der Waals surface area (Å²) in [5, 5.41) is 8.73. The molecule has 26 heavy (non-hydrogen) atoms. The summed E-state index contributed by atoms with van der Waals surface area (Å²) < 4.78 is 10.6. The van der Waals surface area contributed by atoms with Crippen molar-refractivity contribution in [1.29, 1.82) is 0 Å². The number of halogens is 2. The second-order valence-electron chi connectivity index (χ2n) is 5.38. The van der Waals surface area contributed by atoms with Gasteiger partial charge in [0.25, 0.3) is 0 Å². The predicted molar refractivity (Wildman–Crippen MR) is 110 cm³/mol. The Hall–Kier alpha value is -1.54. The number of likely N-dealkylation sites (N-methyl/N-ethyl adjacent to an activating group) is 1. The first-order chi connectivity index (χ1) is 11.6. The van der Waals surface area contributed by atoms with Gasteiger partial charge < -0.3 is 20.1 Å². The summed E-state index contributed by atoms with van der Waals surface area (Å²) in [5.74, 6) is 1.31. The molecule has 2 N–H and O–H groups in total. The Morgan fingerprint density at radius 3 is 2.54 bits per heavy atom. The molecule has 1 unspecified atom stereocenters. The number of carbonyl (C=O) groups excluding carboxylic acids is 1. The predicted octanol–water partition coefficient (Wildman–Crippen LogP) is 2.94. The maximum Gasteiger partial charge on any atom is 0.226 e. The monoisotopic (exact) mass is 421 g/mol. The Labute approximate surface area is 170 Å². The summed E-state index contributed by atoms with van der Waals surface area (Å²) in [5.41, 5.74) is 1.70. The number of benzene rings is 1. The van der Waals surface area contributed by atoms with Crippen LogP contribution in [0, 0.1) is 0 Å². The van der Waals surface area contributed by atoms with Crippen molar-refractivity contribution in [3.8, 4) is 22.1 Å². The number of methoxy groups -OCH3 is 2. The fraction of sp³-hybridized carbons (Fsp3) is 0.412. The second kappa shape index (κ2) is 12.0. The van der Waals surface area contributed by atoms with Gasteiger partial charge in [0.05, 0.1) is 26.3 Å². The number of carbonyl (C=O) groups is 1. The van der Waals surface area contributed by atoms with Crippen LogP contribution in [0.5, 0.6) is 11.5 Å². The van der Waals surface area contributed by atoms with Gasteiger partial charge in [-0.25, -0.2) is 4.98 Å². The molecule has 1 atom stereocenters. The van der Waals surface area contributed by atoms with Gasteiger partial charge in [0.2, 0.25) is 5.91 Å². The molecule has 0 aliphatic heterocycles. The lowest BCUT2D eigenvalue weighted by Crippen LogP contribution is -2.37. The molecule has 0 fully saturated rings. The van der Waals surface area contributed by atoms with Crippen molar-refractivity contribution in [3.05, 3.63) is 29.3 Å². The number of nitrogens with one attached hydrogen (secondary N) is 2. The number of rotatable bonds is 8. The number of ether oxygens (including phenoxy) is 2. The highest BCUT2D eigenvalue weighted by Gasteiger charge is 2.12. The van der Waals surface area contributed by atoms with E-state index in [9.17, 15) is 4.79 Å². The zero-order valence-electron chi connectivity index (χ0n) is 15.2. The molecule has 1 aromatic carbocycles. The van der Waals surface area contributed by atoms with E-state index in [4.69, 9.17) is 9.47 Å². The molecule has 9 heteroatoms. The van der Waals surface area contributed by atoms with E-state index >= 15 is 0 Å². The fourth-order valence-electron chi connectivity index (χ4n) is 2.09. The van der Waals surface area contributed by atoms with E-state index < -0.39 is 0 Å². The average molecular weight is 422 g/mol. The van der Waals surface area contributed by atoms with E-state index in [-0.39, 0.29) is 43.2 Å². The summed E-state index contributed by atoms with van der Waals surface area (Å²) in [4.78, 5) is 16.5. The Balaban J connectivity index is 0.00000312. The summed E-state index contributed by atoms with van der Waals surface area (Å²) in [6.07, 6.45) is 0.278. The van der Waals surface area contributed by atoms with Gasteiger partial charge in [0.1, 0.15) is 5.01 Å². The molecule has 1 aromatic heterocycles. The van der Waals surface area contributed by atoms with Crippen LogP contribution in [0.1, 0.15) is 12.6 Å². The largest absolute Gasteiger partial charge is 0.493 e. The minimum Gasteiger partial charge on any atom is -0.493 e. The van der Waals surface area contributed by atoms with Crippen molar-refractivity contribution in [2.75, 3.05) is 27.8 Å². The van der Waals surface area contributed by atoms with Gasteiger partial charge in [-0.3, -0.25) is 4.79 Å². The summed E-state index contributed by atoms with van der Waals surface area (Å²) in [6.45, 7) is 2.61. The maximum atomic E-state index is 12.0. The van der Waals surface area contributed by atoms with Gasteiger partial charge >= 0.3 is 0 Å². The first-order valence-electron chi connectivity index (χ1n) is 7.68. The molecule has 0 spiro atoms. The van der Waals surface area contributed by atoms with Crippen LogP contribution in [-0.2, 0) is 11.2 Å². The third-order valence-corrected chi connectivity index (χ3v) is 4.56. The smallest absolute Gasteiger partial charge is 0.226 e. The first-order valence-corrected chi connectivity index (χ1v) is 8.56. The topological polar surface area (TPSA) is 72.5 Å². The molecule has 0 aliphatic rings. The van der Waals surface area contributed by atoms with Gasteiger partial charge in [-0.2, -0.15) is 0 Å². The third-order valence-electron chi connectivity index (χ3n) is 3.62. The molecular formula is C17H25Cl2N3O3S. The highest BCUT2D eigenvalue weighted by Crippen LogP contribution is 2.33. The molecule has 1 amide bonds. The van der Waals surface area contributed by atoms with Gasteiger partial charge in [-0.05, 0) is 32.2 Å². The van der Waals surface area contributed by atoms with Crippen molar-refractivity contribution in [2.45, 2.75) is 19.4 Å². The van der Waals surface area contributed by atoms with E-state index in [1.807, 2.05) is 37.6 Å². The lowest BCUT2D eigenvalue weighted by molar-refractivity contribution is -0.120. The third kappa shape index (κ3) is 6.64. The van der Waals surface area contributed by atoms with Crippen molar-refractivity contribution in [2.24, 2.45) is 0 Å². The highest BCUT2D eigenvalue weighted by atomic mass is 35.5. The van der Waals surface area contributed by atoms with Crippen LogP contribution >= 0.6 is 36.2 Å². The number of amides is 1. The molecule has 0 saturated carbocycles. The lowest BCUT2D eigenvalue weighted by atomic mass is 10.2. The van der Waals surface area contributed by atoms with Crippen LogP contribution in [0.25, 0.3) is 10.6 Å². The summed E-state index contributed by atoms with van der Waals surface area (Å²) in [7, 11) is 5.07. The fourth-order valence-corrected chi connectivity index (χ4v) is 2.90. The van der Waals surface area contributed by atoms with Crippen LogP contribution in [0.15, 0.2) is 23.6 Å². The van der Waals surface area contributed by atoms with Gasteiger partial charge in [-0.15, -0.1) is 36.2 Å². The maximum absolute atomic E-state index is 12.0. The molecule has 2 aromatic rings. The Bertz CT molecular complexity index is 698.